The van der Waals surface area contributed by atoms with Gasteiger partial charge in [-0.1, -0.05) is 50.0 Å². The molecule has 0 unspecified atom stereocenters. The van der Waals surface area contributed by atoms with Crippen LogP contribution >= 0.6 is 0 Å². The quantitative estimate of drug-likeness (QED) is 0.812. The third-order valence-corrected chi connectivity index (χ3v) is 3.36. The van der Waals surface area contributed by atoms with Crippen LogP contribution in [0, 0.1) is 11.8 Å². The van der Waals surface area contributed by atoms with E-state index in [1.54, 1.807) is 0 Å². The van der Waals surface area contributed by atoms with Crippen molar-refractivity contribution < 1.29 is 0 Å². The number of hydrogen-bond donors (Lipinski definition) is 1. The molecule has 0 atom stereocenters. The summed E-state index contributed by atoms with van der Waals surface area (Å²) in [5.41, 5.74) is 5.06. The molecule has 0 bridgehead atoms. The Morgan fingerprint density at radius 2 is 1.65 bits per heavy atom. The first kappa shape index (κ1) is 14.2. The van der Waals surface area contributed by atoms with Crippen LogP contribution in [0.5, 0.6) is 0 Å². The summed E-state index contributed by atoms with van der Waals surface area (Å²) in [6, 6.07) is 16.7. The minimum Gasteiger partial charge on any atom is -0.374 e. The molecule has 2 aromatic carbocycles. The van der Waals surface area contributed by atoms with Crippen molar-refractivity contribution in [3.05, 3.63) is 65.2 Å². The van der Waals surface area contributed by atoms with Crippen molar-refractivity contribution in [3.63, 3.8) is 0 Å². The van der Waals surface area contributed by atoms with Crippen LogP contribution in [0.1, 0.15) is 30.5 Å². The maximum atomic E-state index is 3.29. The lowest BCUT2D eigenvalue weighted by Gasteiger charge is -2.05. The molecule has 0 aliphatic rings. The van der Waals surface area contributed by atoms with Gasteiger partial charge >= 0.3 is 0 Å². The fourth-order valence-electron chi connectivity index (χ4n) is 2.23. The molecular formula is C19H21N. The molecule has 20 heavy (non-hydrogen) atoms. The average Bonchev–Trinajstić information content (AvgIpc) is 2.52. The summed E-state index contributed by atoms with van der Waals surface area (Å²) in [6.45, 7) is 5.06. The number of hydrogen-bond acceptors (Lipinski definition) is 1. The predicted octanol–water partition coefficient (Wildman–Crippen LogP) is 4.28. The lowest BCUT2D eigenvalue weighted by Crippen LogP contribution is -1.98. The number of benzene rings is 2. The molecule has 0 heterocycles. The maximum Gasteiger partial charge on any atom is 0.0769 e. The fraction of sp³-hybridized carbons (Fsp3) is 0.263. The van der Waals surface area contributed by atoms with Gasteiger partial charge in [0.15, 0.2) is 0 Å². The summed E-state index contributed by atoms with van der Waals surface area (Å²) in [5.74, 6) is 6.41. The summed E-state index contributed by atoms with van der Waals surface area (Å²) in [5, 5.41) is 3.29. The van der Waals surface area contributed by atoms with E-state index in [1.807, 2.05) is 30.3 Å². The first-order valence-corrected chi connectivity index (χ1v) is 7.23. The van der Waals surface area contributed by atoms with E-state index in [1.165, 1.54) is 11.1 Å². The Kier molecular flexibility index (Phi) is 5.26. The average molecular weight is 263 g/mol. The Morgan fingerprint density at radius 1 is 0.900 bits per heavy atom. The van der Waals surface area contributed by atoms with Gasteiger partial charge in [-0.15, -0.1) is 0 Å². The third-order valence-electron chi connectivity index (χ3n) is 3.36. The Labute approximate surface area is 122 Å². The summed E-state index contributed by atoms with van der Waals surface area (Å²) in [4.78, 5) is 0. The second-order valence-electron chi connectivity index (χ2n) is 4.71. The number of para-hydroxylation sites is 1. The highest BCUT2D eigenvalue weighted by atomic mass is 14.8. The molecule has 2 rings (SSSR count). The standard InChI is InChI=1S/C19H21N/c1-3-17-13-12-16(15-18(17)4-2)9-8-14-20-19-10-6-5-7-11-19/h5-7,10-13,15,20H,3-4,14H2,1-2H3. The first-order valence-electron chi connectivity index (χ1n) is 7.23. The topological polar surface area (TPSA) is 12.0 Å². The Hall–Kier alpha value is -2.20. The Balaban J connectivity index is 1.99. The van der Waals surface area contributed by atoms with Crippen molar-refractivity contribution >= 4 is 5.69 Å². The summed E-state index contributed by atoms with van der Waals surface area (Å²) in [7, 11) is 0. The van der Waals surface area contributed by atoms with Crippen LogP contribution in [-0.4, -0.2) is 6.54 Å². The van der Waals surface area contributed by atoms with E-state index in [2.05, 4.69) is 49.2 Å². The largest absolute Gasteiger partial charge is 0.374 e. The zero-order valence-electron chi connectivity index (χ0n) is 12.2. The van der Waals surface area contributed by atoms with Crippen LogP contribution in [0.2, 0.25) is 0 Å². The molecule has 102 valence electrons. The zero-order chi connectivity index (χ0) is 14.2. The van der Waals surface area contributed by atoms with Gasteiger partial charge in [-0.05, 0) is 48.2 Å². The first-order chi connectivity index (χ1) is 9.83. The second kappa shape index (κ2) is 7.40. The maximum absolute atomic E-state index is 3.29. The van der Waals surface area contributed by atoms with Gasteiger partial charge < -0.3 is 5.32 Å². The number of rotatable bonds is 4. The molecule has 0 saturated heterocycles. The molecular weight excluding hydrogens is 242 g/mol. The van der Waals surface area contributed by atoms with Gasteiger partial charge in [0.25, 0.3) is 0 Å². The van der Waals surface area contributed by atoms with Crippen molar-refractivity contribution in [3.8, 4) is 11.8 Å². The summed E-state index contributed by atoms with van der Waals surface area (Å²) >= 11 is 0. The van der Waals surface area contributed by atoms with Crippen LogP contribution in [0.15, 0.2) is 48.5 Å². The van der Waals surface area contributed by atoms with E-state index in [4.69, 9.17) is 0 Å². The Bertz CT molecular complexity index is 603. The molecule has 0 aliphatic carbocycles. The smallest absolute Gasteiger partial charge is 0.0769 e. The van der Waals surface area contributed by atoms with E-state index in [9.17, 15) is 0 Å². The number of aryl methyl sites for hydroxylation is 2. The van der Waals surface area contributed by atoms with Crippen LogP contribution in [0.25, 0.3) is 0 Å². The van der Waals surface area contributed by atoms with Crippen molar-refractivity contribution in [1.82, 2.24) is 0 Å². The zero-order valence-corrected chi connectivity index (χ0v) is 12.2. The van der Waals surface area contributed by atoms with Crippen molar-refractivity contribution in [1.29, 1.82) is 0 Å². The molecule has 0 aromatic heterocycles. The highest BCUT2D eigenvalue weighted by molar-refractivity contribution is 5.45. The van der Waals surface area contributed by atoms with Crippen LogP contribution in [-0.2, 0) is 12.8 Å². The third kappa shape index (κ3) is 3.90. The van der Waals surface area contributed by atoms with Gasteiger partial charge in [0.2, 0.25) is 0 Å². The molecule has 0 amide bonds. The minimum atomic E-state index is 0.668. The summed E-state index contributed by atoms with van der Waals surface area (Å²) in [6.07, 6.45) is 2.16. The van der Waals surface area contributed by atoms with Gasteiger partial charge in [0, 0.05) is 11.3 Å². The molecule has 0 aliphatic heterocycles. The van der Waals surface area contributed by atoms with Crippen molar-refractivity contribution in [2.24, 2.45) is 0 Å². The molecule has 0 fully saturated rings. The molecule has 0 saturated carbocycles. The fourth-order valence-corrected chi connectivity index (χ4v) is 2.23. The Morgan fingerprint density at radius 3 is 2.35 bits per heavy atom. The molecule has 0 spiro atoms. The molecule has 2 aromatic rings. The molecule has 1 nitrogen and oxygen atoms in total. The van der Waals surface area contributed by atoms with Crippen LogP contribution in [0.3, 0.4) is 0 Å². The molecule has 0 radical (unpaired) electrons. The molecule has 1 heteroatoms. The monoisotopic (exact) mass is 263 g/mol. The van der Waals surface area contributed by atoms with E-state index >= 15 is 0 Å². The summed E-state index contributed by atoms with van der Waals surface area (Å²) < 4.78 is 0. The van der Waals surface area contributed by atoms with Gasteiger partial charge in [0.1, 0.15) is 0 Å². The van der Waals surface area contributed by atoms with Gasteiger partial charge in [-0.3, -0.25) is 0 Å². The number of anilines is 1. The van der Waals surface area contributed by atoms with Crippen LogP contribution in [0.4, 0.5) is 5.69 Å². The van der Waals surface area contributed by atoms with Crippen molar-refractivity contribution in [2.75, 3.05) is 11.9 Å². The van der Waals surface area contributed by atoms with Crippen LogP contribution < -0.4 is 5.32 Å². The lowest BCUT2D eigenvalue weighted by atomic mass is 10.0. The van der Waals surface area contributed by atoms with E-state index < -0.39 is 0 Å². The van der Waals surface area contributed by atoms with Gasteiger partial charge in [0.05, 0.1) is 6.54 Å². The lowest BCUT2D eigenvalue weighted by molar-refractivity contribution is 1.04. The van der Waals surface area contributed by atoms with Gasteiger partial charge in [-0.2, -0.15) is 0 Å². The van der Waals surface area contributed by atoms with E-state index in [0.717, 1.165) is 24.1 Å². The SMILES string of the molecule is CCc1ccc(C#CCNc2ccccc2)cc1CC. The van der Waals surface area contributed by atoms with Crippen molar-refractivity contribution in [2.45, 2.75) is 26.7 Å². The minimum absolute atomic E-state index is 0.668. The second-order valence-corrected chi connectivity index (χ2v) is 4.71. The van der Waals surface area contributed by atoms with E-state index in [0.29, 0.717) is 6.54 Å². The normalized spacial score (nSPS) is 9.70. The van der Waals surface area contributed by atoms with E-state index in [-0.39, 0.29) is 0 Å². The highest BCUT2D eigenvalue weighted by Crippen LogP contribution is 2.13. The number of nitrogens with one attached hydrogen (secondary N) is 1. The van der Waals surface area contributed by atoms with Gasteiger partial charge in [-0.25, -0.2) is 0 Å². The molecule has 1 N–H and O–H groups in total. The predicted molar refractivity (Wildman–Crippen MR) is 87.0 cm³/mol. The highest BCUT2D eigenvalue weighted by Gasteiger charge is 1.98.